The van der Waals surface area contributed by atoms with E-state index < -0.39 is 0 Å². The van der Waals surface area contributed by atoms with E-state index in [9.17, 15) is 0 Å². The molecular formula is C11H23NOS. The first-order chi connectivity index (χ1) is 6.72. The standard InChI is InChI=1S/C11H23NOS/c1-4-13-8-10(2)12-9-11(14-3)6-5-7-11/h10,12H,4-9H2,1-3H3. The van der Waals surface area contributed by atoms with Crippen LogP contribution in [0.3, 0.4) is 0 Å². The summed E-state index contributed by atoms with van der Waals surface area (Å²) in [7, 11) is 0. The minimum atomic E-state index is 0.486. The maximum atomic E-state index is 5.38. The van der Waals surface area contributed by atoms with E-state index in [2.05, 4.69) is 18.5 Å². The van der Waals surface area contributed by atoms with E-state index in [1.54, 1.807) is 0 Å². The minimum Gasteiger partial charge on any atom is -0.380 e. The van der Waals surface area contributed by atoms with E-state index >= 15 is 0 Å². The lowest BCUT2D eigenvalue weighted by Gasteiger charge is -2.41. The molecule has 0 radical (unpaired) electrons. The van der Waals surface area contributed by atoms with Crippen LogP contribution in [0.4, 0.5) is 0 Å². The summed E-state index contributed by atoms with van der Waals surface area (Å²) in [6, 6.07) is 0.486. The molecule has 0 aromatic rings. The molecule has 0 aliphatic heterocycles. The molecule has 1 rings (SSSR count). The van der Waals surface area contributed by atoms with Crippen molar-refractivity contribution in [2.75, 3.05) is 26.0 Å². The molecule has 1 aliphatic rings. The van der Waals surface area contributed by atoms with Crippen molar-refractivity contribution in [2.24, 2.45) is 0 Å². The molecule has 0 saturated heterocycles. The summed E-state index contributed by atoms with van der Waals surface area (Å²) in [6.45, 7) is 7.04. The van der Waals surface area contributed by atoms with Gasteiger partial charge in [0.05, 0.1) is 6.61 Å². The molecule has 1 saturated carbocycles. The molecule has 0 amide bonds. The van der Waals surface area contributed by atoms with Crippen molar-refractivity contribution in [3.05, 3.63) is 0 Å². The van der Waals surface area contributed by atoms with Crippen LogP contribution in [0.1, 0.15) is 33.1 Å². The first-order valence-electron chi connectivity index (χ1n) is 5.59. The fraction of sp³-hybridized carbons (Fsp3) is 1.00. The van der Waals surface area contributed by atoms with Gasteiger partial charge in [-0.25, -0.2) is 0 Å². The van der Waals surface area contributed by atoms with Gasteiger partial charge in [0.1, 0.15) is 0 Å². The molecule has 1 fully saturated rings. The van der Waals surface area contributed by atoms with Crippen molar-refractivity contribution in [2.45, 2.75) is 43.9 Å². The van der Waals surface area contributed by atoms with Gasteiger partial charge in [-0.2, -0.15) is 11.8 Å². The van der Waals surface area contributed by atoms with Crippen molar-refractivity contribution in [1.82, 2.24) is 5.32 Å². The Morgan fingerprint density at radius 1 is 1.50 bits per heavy atom. The fourth-order valence-corrected chi connectivity index (χ4v) is 2.66. The van der Waals surface area contributed by atoms with Crippen LogP contribution in [0, 0.1) is 0 Å². The summed E-state index contributed by atoms with van der Waals surface area (Å²) in [5.74, 6) is 0. The monoisotopic (exact) mass is 217 g/mol. The predicted molar refractivity (Wildman–Crippen MR) is 64.1 cm³/mol. The summed E-state index contributed by atoms with van der Waals surface area (Å²) < 4.78 is 5.92. The van der Waals surface area contributed by atoms with Gasteiger partial charge in [0, 0.05) is 23.9 Å². The Bertz CT molecular complexity index is 154. The van der Waals surface area contributed by atoms with Gasteiger partial charge < -0.3 is 10.1 Å². The number of hydrogen-bond acceptors (Lipinski definition) is 3. The molecule has 2 nitrogen and oxygen atoms in total. The molecule has 1 N–H and O–H groups in total. The quantitative estimate of drug-likeness (QED) is 0.707. The Morgan fingerprint density at radius 2 is 2.21 bits per heavy atom. The highest BCUT2D eigenvalue weighted by atomic mass is 32.2. The molecule has 1 unspecified atom stereocenters. The summed E-state index contributed by atoms with van der Waals surface area (Å²) >= 11 is 2.02. The van der Waals surface area contributed by atoms with Crippen LogP contribution in [-0.2, 0) is 4.74 Å². The Kier molecular flexibility index (Phi) is 5.28. The van der Waals surface area contributed by atoms with Crippen LogP contribution in [-0.4, -0.2) is 36.8 Å². The molecular weight excluding hydrogens is 194 g/mol. The Morgan fingerprint density at radius 3 is 2.64 bits per heavy atom. The van der Waals surface area contributed by atoms with Crippen LogP contribution in [0.15, 0.2) is 0 Å². The predicted octanol–water partition coefficient (Wildman–Crippen LogP) is 2.29. The van der Waals surface area contributed by atoms with Crippen LogP contribution >= 0.6 is 11.8 Å². The van der Waals surface area contributed by atoms with Crippen molar-refractivity contribution < 1.29 is 4.74 Å². The van der Waals surface area contributed by atoms with Gasteiger partial charge in [0.15, 0.2) is 0 Å². The molecule has 0 bridgehead atoms. The summed E-state index contributed by atoms with van der Waals surface area (Å²) in [4.78, 5) is 0. The smallest absolute Gasteiger partial charge is 0.0616 e. The average molecular weight is 217 g/mol. The van der Waals surface area contributed by atoms with E-state index in [1.807, 2.05) is 18.7 Å². The van der Waals surface area contributed by atoms with Crippen LogP contribution in [0.2, 0.25) is 0 Å². The second-order valence-electron chi connectivity index (χ2n) is 4.18. The fourth-order valence-electron chi connectivity index (χ4n) is 1.74. The van der Waals surface area contributed by atoms with E-state index in [0.717, 1.165) is 19.8 Å². The number of nitrogens with one attached hydrogen (secondary N) is 1. The maximum Gasteiger partial charge on any atom is 0.0616 e. The number of ether oxygens (including phenoxy) is 1. The molecule has 0 aromatic carbocycles. The summed E-state index contributed by atoms with van der Waals surface area (Å²) in [6.07, 6.45) is 6.39. The molecule has 1 aliphatic carbocycles. The molecule has 84 valence electrons. The average Bonchev–Trinajstić information content (AvgIpc) is 2.14. The van der Waals surface area contributed by atoms with Gasteiger partial charge in [-0.15, -0.1) is 0 Å². The Balaban J connectivity index is 2.12. The molecule has 14 heavy (non-hydrogen) atoms. The summed E-state index contributed by atoms with van der Waals surface area (Å²) in [5, 5.41) is 3.57. The SMILES string of the molecule is CCOCC(C)NCC1(SC)CCC1. The topological polar surface area (TPSA) is 21.3 Å². The van der Waals surface area contributed by atoms with Gasteiger partial charge in [-0.1, -0.05) is 6.42 Å². The Labute approximate surface area is 92.2 Å². The zero-order chi connectivity index (χ0) is 10.4. The van der Waals surface area contributed by atoms with E-state index in [0.29, 0.717) is 10.8 Å². The molecule has 3 heteroatoms. The lowest BCUT2D eigenvalue weighted by atomic mass is 9.84. The highest BCUT2D eigenvalue weighted by Gasteiger charge is 2.35. The van der Waals surface area contributed by atoms with E-state index in [-0.39, 0.29) is 0 Å². The van der Waals surface area contributed by atoms with Crippen molar-refractivity contribution in [1.29, 1.82) is 0 Å². The van der Waals surface area contributed by atoms with Gasteiger partial charge in [-0.05, 0) is 32.9 Å². The van der Waals surface area contributed by atoms with Crippen molar-refractivity contribution in [3.63, 3.8) is 0 Å². The third kappa shape index (κ3) is 3.44. The third-order valence-corrected chi connectivity index (χ3v) is 4.46. The van der Waals surface area contributed by atoms with Crippen molar-refractivity contribution >= 4 is 11.8 Å². The largest absolute Gasteiger partial charge is 0.380 e. The van der Waals surface area contributed by atoms with Gasteiger partial charge >= 0.3 is 0 Å². The van der Waals surface area contributed by atoms with Gasteiger partial charge in [-0.3, -0.25) is 0 Å². The zero-order valence-corrected chi connectivity index (χ0v) is 10.5. The van der Waals surface area contributed by atoms with Gasteiger partial charge in [0.25, 0.3) is 0 Å². The van der Waals surface area contributed by atoms with Crippen LogP contribution < -0.4 is 5.32 Å². The Hall–Kier alpha value is 0.270. The highest BCUT2D eigenvalue weighted by molar-refractivity contribution is 8.00. The van der Waals surface area contributed by atoms with E-state index in [4.69, 9.17) is 4.74 Å². The number of rotatable bonds is 7. The van der Waals surface area contributed by atoms with Crippen LogP contribution in [0.5, 0.6) is 0 Å². The zero-order valence-electron chi connectivity index (χ0n) is 9.64. The summed E-state index contributed by atoms with van der Waals surface area (Å²) in [5.41, 5.74) is 0. The molecule has 1 atom stereocenters. The molecule has 0 aromatic heterocycles. The lowest BCUT2D eigenvalue weighted by Crippen LogP contribution is -2.46. The lowest BCUT2D eigenvalue weighted by molar-refractivity contribution is 0.125. The van der Waals surface area contributed by atoms with E-state index in [1.165, 1.54) is 19.3 Å². The first-order valence-corrected chi connectivity index (χ1v) is 6.81. The minimum absolute atomic E-state index is 0.486. The second kappa shape index (κ2) is 5.99. The normalized spacial score (nSPS) is 21.6. The third-order valence-electron chi connectivity index (χ3n) is 3.04. The van der Waals surface area contributed by atoms with Crippen LogP contribution in [0.25, 0.3) is 0 Å². The van der Waals surface area contributed by atoms with Crippen molar-refractivity contribution in [3.8, 4) is 0 Å². The number of hydrogen-bond donors (Lipinski definition) is 1. The van der Waals surface area contributed by atoms with Gasteiger partial charge in [0.2, 0.25) is 0 Å². The maximum absolute atomic E-state index is 5.38. The molecule has 0 heterocycles. The second-order valence-corrected chi connectivity index (χ2v) is 5.46. The number of thioether (sulfide) groups is 1. The first kappa shape index (κ1) is 12.3. The molecule has 0 spiro atoms. The highest BCUT2D eigenvalue weighted by Crippen LogP contribution is 2.42.